The van der Waals surface area contributed by atoms with Gasteiger partial charge < -0.3 is 10.0 Å². The van der Waals surface area contributed by atoms with Gasteiger partial charge in [-0.15, -0.1) is 0 Å². The highest BCUT2D eigenvalue weighted by atomic mass is 16.6. The Morgan fingerprint density at radius 2 is 1.95 bits per heavy atom. The number of para-hydroxylation sites is 1. The molecule has 20 heavy (non-hydrogen) atoms. The maximum atomic E-state index is 11.3. The van der Waals surface area contributed by atoms with Crippen LogP contribution in [-0.4, -0.2) is 28.1 Å². The van der Waals surface area contributed by atoms with Gasteiger partial charge in [-0.25, -0.2) is 4.79 Å². The van der Waals surface area contributed by atoms with Crippen LogP contribution < -0.4 is 4.90 Å². The number of carboxylic acids is 1. The SMILES string of the molecule is C[C@@H]1CCC[C@H](C)N1c1cccc(C(=O)O)c1[N+](=O)[O-]. The summed E-state index contributed by atoms with van der Waals surface area (Å²) in [5.74, 6) is -1.27. The number of carboxylic acid groups (broad SMARTS) is 1. The molecule has 1 saturated heterocycles. The molecular weight excluding hydrogens is 260 g/mol. The first-order valence-electron chi connectivity index (χ1n) is 6.72. The van der Waals surface area contributed by atoms with Gasteiger partial charge in [-0.3, -0.25) is 10.1 Å². The van der Waals surface area contributed by atoms with E-state index in [1.54, 1.807) is 12.1 Å². The highest BCUT2D eigenvalue weighted by molar-refractivity contribution is 5.95. The van der Waals surface area contributed by atoms with Crippen LogP contribution in [0.2, 0.25) is 0 Å². The maximum Gasteiger partial charge on any atom is 0.342 e. The molecular formula is C14H18N2O4. The average Bonchev–Trinajstić information content (AvgIpc) is 2.37. The van der Waals surface area contributed by atoms with Crippen LogP contribution in [0.15, 0.2) is 18.2 Å². The Morgan fingerprint density at radius 3 is 2.45 bits per heavy atom. The van der Waals surface area contributed by atoms with E-state index in [1.807, 2.05) is 18.7 Å². The third kappa shape index (κ3) is 2.45. The zero-order chi connectivity index (χ0) is 14.9. The van der Waals surface area contributed by atoms with Gasteiger partial charge in [0, 0.05) is 12.1 Å². The summed E-state index contributed by atoms with van der Waals surface area (Å²) in [5.41, 5.74) is -0.146. The first-order valence-corrected chi connectivity index (χ1v) is 6.72. The smallest absolute Gasteiger partial charge is 0.342 e. The van der Waals surface area contributed by atoms with Gasteiger partial charge in [-0.05, 0) is 45.2 Å². The van der Waals surface area contributed by atoms with Crippen LogP contribution in [0, 0.1) is 10.1 Å². The molecule has 108 valence electrons. The lowest BCUT2D eigenvalue weighted by Gasteiger charge is -2.40. The van der Waals surface area contributed by atoms with E-state index in [0.29, 0.717) is 5.69 Å². The van der Waals surface area contributed by atoms with Gasteiger partial charge in [0.05, 0.1) is 4.92 Å². The number of benzene rings is 1. The molecule has 1 heterocycles. The summed E-state index contributed by atoms with van der Waals surface area (Å²) in [5, 5.41) is 20.5. The number of rotatable bonds is 3. The minimum Gasteiger partial charge on any atom is -0.477 e. The summed E-state index contributed by atoms with van der Waals surface area (Å²) in [6, 6.07) is 4.83. The molecule has 0 spiro atoms. The fourth-order valence-electron chi connectivity index (χ4n) is 3.00. The van der Waals surface area contributed by atoms with Crippen molar-refractivity contribution >= 4 is 17.3 Å². The van der Waals surface area contributed by atoms with Crippen LogP contribution in [0.25, 0.3) is 0 Å². The summed E-state index contributed by atoms with van der Waals surface area (Å²) in [7, 11) is 0. The Kier molecular flexibility index (Phi) is 3.92. The standard InChI is InChI=1S/C14H18N2O4/c1-9-5-3-6-10(2)15(9)12-8-4-7-11(14(17)18)13(12)16(19)20/h4,7-10H,3,5-6H2,1-2H3,(H,17,18)/t9-,10+. The summed E-state index contributed by atoms with van der Waals surface area (Å²) < 4.78 is 0. The number of piperidine rings is 1. The largest absolute Gasteiger partial charge is 0.477 e. The van der Waals surface area contributed by atoms with E-state index in [1.165, 1.54) is 6.07 Å². The van der Waals surface area contributed by atoms with E-state index in [0.717, 1.165) is 19.3 Å². The molecule has 1 aliphatic heterocycles. The summed E-state index contributed by atoms with van der Waals surface area (Å²) in [4.78, 5) is 23.9. The molecule has 1 aromatic carbocycles. The van der Waals surface area contributed by atoms with E-state index in [2.05, 4.69) is 0 Å². The second-order valence-electron chi connectivity index (χ2n) is 5.27. The van der Waals surface area contributed by atoms with Gasteiger partial charge in [0.2, 0.25) is 0 Å². The molecule has 0 amide bonds. The molecule has 0 aliphatic carbocycles. The lowest BCUT2D eigenvalue weighted by atomic mass is 9.95. The quantitative estimate of drug-likeness (QED) is 0.678. The normalized spacial score (nSPS) is 22.6. The molecule has 6 nitrogen and oxygen atoms in total. The van der Waals surface area contributed by atoms with E-state index in [-0.39, 0.29) is 23.3 Å². The molecule has 0 bridgehead atoms. The van der Waals surface area contributed by atoms with Crippen LogP contribution in [0.5, 0.6) is 0 Å². The minimum absolute atomic E-state index is 0.168. The van der Waals surface area contributed by atoms with Gasteiger partial charge in [0.15, 0.2) is 0 Å². The van der Waals surface area contributed by atoms with Crippen LogP contribution >= 0.6 is 0 Å². The van der Waals surface area contributed by atoms with Crippen molar-refractivity contribution in [2.75, 3.05) is 4.90 Å². The Hall–Kier alpha value is -2.11. The molecule has 1 aliphatic rings. The van der Waals surface area contributed by atoms with E-state index in [9.17, 15) is 14.9 Å². The number of nitro groups is 1. The van der Waals surface area contributed by atoms with Gasteiger partial charge >= 0.3 is 11.7 Å². The molecule has 2 rings (SSSR count). The number of anilines is 1. The predicted molar refractivity (Wildman–Crippen MR) is 75.3 cm³/mol. The summed E-state index contributed by atoms with van der Waals surface area (Å²) >= 11 is 0. The molecule has 0 unspecified atom stereocenters. The predicted octanol–water partition coefficient (Wildman–Crippen LogP) is 3.06. The Labute approximate surface area is 117 Å². The molecule has 1 N–H and O–H groups in total. The van der Waals surface area contributed by atoms with Crippen molar-refractivity contribution in [1.82, 2.24) is 0 Å². The first kappa shape index (κ1) is 14.3. The van der Waals surface area contributed by atoms with Crippen molar-refractivity contribution in [3.05, 3.63) is 33.9 Å². The summed E-state index contributed by atoms with van der Waals surface area (Å²) in [6.07, 6.45) is 3.00. The zero-order valence-electron chi connectivity index (χ0n) is 11.6. The molecule has 0 radical (unpaired) electrons. The Bertz CT molecular complexity index is 534. The average molecular weight is 278 g/mol. The third-order valence-corrected chi connectivity index (χ3v) is 3.90. The number of nitrogens with zero attached hydrogens (tertiary/aromatic N) is 2. The highest BCUT2D eigenvalue weighted by Gasteiger charge is 2.33. The number of hydrogen-bond acceptors (Lipinski definition) is 4. The molecule has 1 fully saturated rings. The molecule has 0 saturated carbocycles. The molecule has 0 aromatic heterocycles. The number of hydrogen-bond donors (Lipinski definition) is 1. The lowest BCUT2D eigenvalue weighted by molar-refractivity contribution is -0.384. The van der Waals surface area contributed by atoms with Gasteiger partial charge in [-0.1, -0.05) is 6.07 Å². The zero-order valence-corrected chi connectivity index (χ0v) is 11.6. The van der Waals surface area contributed by atoms with Crippen molar-refractivity contribution in [2.45, 2.75) is 45.2 Å². The minimum atomic E-state index is -1.27. The van der Waals surface area contributed by atoms with E-state index >= 15 is 0 Å². The van der Waals surface area contributed by atoms with Crippen LogP contribution in [0.4, 0.5) is 11.4 Å². The van der Waals surface area contributed by atoms with Crippen molar-refractivity contribution < 1.29 is 14.8 Å². The highest BCUT2D eigenvalue weighted by Crippen LogP contribution is 2.37. The van der Waals surface area contributed by atoms with Crippen molar-refractivity contribution in [2.24, 2.45) is 0 Å². The Balaban J connectivity index is 2.58. The first-order chi connectivity index (χ1) is 9.43. The van der Waals surface area contributed by atoms with Crippen LogP contribution in [0.1, 0.15) is 43.5 Å². The van der Waals surface area contributed by atoms with Crippen LogP contribution in [-0.2, 0) is 0 Å². The molecule has 2 atom stereocenters. The Morgan fingerprint density at radius 1 is 1.35 bits per heavy atom. The van der Waals surface area contributed by atoms with E-state index in [4.69, 9.17) is 5.11 Å². The topological polar surface area (TPSA) is 83.7 Å². The number of carbonyl (C=O) groups is 1. The monoisotopic (exact) mass is 278 g/mol. The second-order valence-corrected chi connectivity index (χ2v) is 5.27. The number of nitro benzene ring substituents is 1. The fraction of sp³-hybridized carbons (Fsp3) is 0.500. The molecule has 1 aromatic rings. The fourth-order valence-corrected chi connectivity index (χ4v) is 3.00. The van der Waals surface area contributed by atoms with Gasteiger partial charge in [0.1, 0.15) is 11.3 Å². The maximum absolute atomic E-state index is 11.3. The van der Waals surface area contributed by atoms with Crippen molar-refractivity contribution in [3.8, 4) is 0 Å². The van der Waals surface area contributed by atoms with Gasteiger partial charge in [-0.2, -0.15) is 0 Å². The van der Waals surface area contributed by atoms with E-state index < -0.39 is 10.9 Å². The third-order valence-electron chi connectivity index (χ3n) is 3.90. The van der Waals surface area contributed by atoms with Crippen molar-refractivity contribution in [1.29, 1.82) is 0 Å². The number of aromatic carboxylic acids is 1. The van der Waals surface area contributed by atoms with Crippen molar-refractivity contribution in [3.63, 3.8) is 0 Å². The lowest BCUT2D eigenvalue weighted by Crippen LogP contribution is -2.44. The summed E-state index contributed by atoms with van der Waals surface area (Å²) in [6.45, 7) is 4.04. The van der Waals surface area contributed by atoms with Gasteiger partial charge in [0.25, 0.3) is 0 Å². The second kappa shape index (κ2) is 5.48. The van der Waals surface area contributed by atoms with Crippen LogP contribution in [0.3, 0.4) is 0 Å². The molecule has 6 heteroatoms.